The molecule has 1 amide bonds. The lowest BCUT2D eigenvalue weighted by molar-refractivity contribution is -0.128. The molecule has 3 unspecified atom stereocenters. The Morgan fingerprint density at radius 3 is 2.33 bits per heavy atom. The Balaban J connectivity index is 1.58. The molecular formula is C15H26N2O3S. The lowest BCUT2D eigenvalue weighted by Gasteiger charge is -2.43. The second kappa shape index (κ2) is 5.88. The largest absolute Gasteiger partial charge is 0.352 e. The van der Waals surface area contributed by atoms with Gasteiger partial charge in [0.05, 0.1) is 11.5 Å². The first kappa shape index (κ1) is 15.3. The molecule has 120 valence electrons. The number of carbonyl (C=O) groups excluding carboxylic acids is 1. The topological polar surface area (TPSA) is 89.3 Å². The van der Waals surface area contributed by atoms with Crippen LogP contribution >= 0.6 is 0 Å². The van der Waals surface area contributed by atoms with Crippen LogP contribution in [-0.2, 0) is 14.6 Å². The standard InChI is InChI=1S/C15H26N2O3S/c16-14-10-3-1-4-11(14)8-12(7-10)15(18)17-13-5-2-6-21(19,20)9-13/h10-14H,1-9,16H2,(H,17,18). The number of hydrogen-bond donors (Lipinski definition) is 2. The summed E-state index contributed by atoms with van der Waals surface area (Å²) in [4.78, 5) is 12.5. The molecule has 2 saturated carbocycles. The van der Waals surface area contributed by atoms with Gasteiger partial charge in [-0.3, -0.25) is 4.79 Å². The molecule has 3 rings (SSSR count). The SMILES string of the molecule is NC1C2CCCC1CC(C(=O)NC1CCCS(=O)(=O)C1)C2. The fourth-order valence-electron chi connectivity index (χ4n) is 4.46. The second-order valence-corrected chi connectivity index (χ2v) is 9.39. The van der Waals surface area contributed by atoms with E-state index in [1.807, 2.05) is 0 Å². The van der Waals surface area contributed by atoms with Crippen LogP contribution in [0.1, 0.15) is 44.9 Å². The number of rotatable bonds is 2. The van der Waals surface area contributed by atoms with Crippen molar-refractivity contribution in [1.82, 2.24) is 5.32 Å². The van der Waals surface area contributed by atoms with Gasteiger partial charge in [0.25, 0.3) is 0 Å². The van der Waals surface area contributed by atoms with Gasteiger partial charge in [-0.05, 0) is 50.4 Å². The van der Waals surface area contributed by atoms with E-state index in [0.29, 0.717) is 18.3 Å². The number of carbonyl (C=O) groups is 1. The van der Waals surface area contributed by atoms with E-state index in [9.17, 15) is 13.2 Å². The minimum absolute atomic E-state index is 0.0322. The summed E-state index contributed by atoms with van der Waals surface area (Å²) in [5.74, 6) is 1.41. The highest BCUT2D eigenvalue weighted by atomic mass is 32.2. The zero-order valence-electron chi connectivity index (χ0n) is 12.5. The molecule has 1 saturated heterocycles. The summed E-state index contributed by atoms with van der Waals surface area (Å²) in [6, 6.07) is 0.0737. The van der Waals surface area contributed by atoms with E-state index in [0.717, 1.165) is 32.1 Å². The molecule has 0 aromatic heterocycles. The molecule has 0 spiro atoms. The molecule has 3 N–H and O–H groups in total. The predicted octanol–water partition coefficient (Wildman–Crippen LogP) is 0.833. The third-order valence-corrected chi connectivity index (χ3v) is 7.41. The highest BCUT2D eigenvalue weighted by Crippen LogP contribution is 2.41. The lowest BCUT2D eigenvalue weighted by Crippen LogP contribution is -2.51. The predicted molar refractivity (Wildman–Crippen MR) is 81.3 cm³/mol. The Labute approximate surface area is 127 Å². The summed E-state index contributed by atoms with van der Waals surface area (Å²) in [7, 11) is -2.97. The van der Waals surface area contributed by atoms with E-state index in [4.69, 9.17) is 5.73 Å². The van der Waals surface area contributed by atoms with Gasteiger partial charge in [-0.25, -0.2) is 8.42 Å². The summed E-state index contributed by atoms with van der Waals surface area (Å²) in [5.41, 5.74) is 6.26. The average Bonchev–Trinajstić information content (AvgIpc) is 2.36. The molecule has 0 aromatic rings. The highest BCUT2D eigenvalue weighted by molar-refractivity contribution is 7.91. The maximum Gasteiger partial charge on any atom is 0.223 e. The van der Waals surface area contributed by atoms with Gasteiger partial charge in [-0.1, -0.05) is 6.42 Å². The molecule has 0 radical (unpaired) electrons. The molecule has 2 aliphatic carbocycles. The van der Waals surface area contributed by atoms with E-state index in [2.05, 4.69) is 5.32 Å². The van der Waals surface area contributed by atoms with Gasteiger partial charge in [-0.15, -0.1) is 0 Å². The van der Waals surface area contributed by atoms with Crippen molar-refractivity contribution in [3.05, 3.63) is 0 Å². The van der Waals surface area contributed by atoms with Crippen molar-refractivity contribution >= 4 is 15.7 Å². The van der Waals surface area contributed by atoms with Crippen LogP contribution in [0.15, 0.2) is 0 Å². The zero-order valence-corrected chi connectivity index (χ0v) is 13.3. The Morgan fingerprint density at radius 2 is 1.71 bits per heavy atom. The van der Waals surface area contributed by atoms with Crippen LogP contribution in [0.2, 0.25) is 0 Å². The van der Waals surface area contributed by atoms with Crippen LogP contribution in [0.4, 0.5) is 0 Å². The van der Waals surface area contributed by atoms with E-state index in [1.54, 1.807) is 0 Å². The first-order chi connectivity index (χ1) is 9.94. The van der Waals surface area contributed by atoms with Crippen LogP contribution in [0.25, 0.3) is 0 Å². The number of fused-ring (bicyclic) bond motifs is 2. The van der Waals surface area contributed by atoms with Crippen molar-refractivity contribution < 1.29 is 13.2 Å². The number of nitrogens with one attached hydrogen (secondary N) is 1. The van der Waals surface area contributed by atoms with Crippen LogP contribution in [0.5, 0.6) is 0 Å². The number of amides is 1. The van der Waals surface area contributed by atoms with Crippen LogP contribution in [0, 0.1) is 17.8 Å². The molecule has 1 aliphatic heterocycles. The third-order valence-electron chi connectivity index (χ3n) is 5.59. The van der Waals surface area contributed by atoms with Gasteiger partial charge in [-0.2, -0.15) is 0 Å². The van der Waals surface area contributed by atoms with Crippen molar-refractivity contribution in [3.63, 3.8) is 0 Å². The molecule has 0 aromatic carbocycles. The quantitative estimate of drug-likeness (QED) is 0.790. The summed E-state index contributed by atoms with van der Waals surface area (Å²) in [6.07, 6.45) is 6.71. The highest BCUT2D eigenvalue weighted by Gasteiger charge is 2.41. The van der Waals surface area contributed by atoms with Gasteiger partial charge in [0.1, 0.15) is 0 Å². The van der Waals surface area contributed by atoms with Crippen molar-refractivity contribution in [2.24, 2.45) is 23.5 Å². The molecule has 21 heavy (non-hydrogen) atoms. The first-order valence-corrected chi connectivity index (χ1v) is 10.0. The van der Waals surface area contributed by atoms with Crippen molar-refractivity contribution in [1.29, 1.82) is 0 Å². The Hall–Kier alpha value is -0.620. The van der Waals surface area contributed by atoms with Gasteiger partial charge < -0.3 is 11.1 Å². The van der Waals surface area contributed by atoms with Crippen LogP contribution in [-0.4, -0.2) is 37.9 Å². The summed E-state index contributed by atoms with van der Waals surface area (Å²) < 4.78 is 23.3. The third kappa shape index (κ3) is 3.42. The fraction of sp³-hybridized carbons (Fsp3) is 0.933. The number of sulfone groups is 1. The molecule has 1 heterocycles. The Morgan fingerprint density at radius 1 is 1.05 bits per heavy atom. The molecule has 3 aliphatic rings. The van der Waals surface area contributed by atoms with Crippen LogP contribution in [0.3, 0.4) is 0 Å². The van der Waals surface area contributed by atoms with Gasteiger partial charge in [0, 0.05) is 18.0 Å². The smallest absolute Gasteiger partial charge is 0.223 e. The van der Waals surface area contributed by atoms with Gasteiger partial charge in [0.15, 0.2) is 9.84 Å². The van der Waals surface area contributed by atoms with Crippen molar-refractivity contribution in [2.45, 2.75) is 57.0 Å². The first-order valence-electron chi connectivity index (χ1n) is 8.21. The van der Waals surface area contributed by atoms with Crippen LogP contribution < -0.4 is 11.1 Å². The van der Waals surface area contributed by atoms with Gasteiger partial charge >= 0.3 is 0 Å². The van der Waals surface area contributed by atoms with E-state index in [1.165, 1.54) is 6.42 Å². The second-order valence-electron chi connectivity index (χ2n) is 7.16. The van der Waals surface area contributed by atoms with E-state index >= 15 is 0 Å². The summed E-state index contributed by atoms with van der Waals surface area (Å²) >= 11 is 0. The minimum Gasteiger partial charge on any atom is -0.352 e. The maximum absolute atomic E-state index is 12.5. The minimum atomic E-state index is -2.97. The van der Waals surface area contributed by atoms with Crippen molar-refractivity contribution in [2.75, 3.05) is 11.5 Å². The Kier molecular flexibility index (Phi) is 4.28. The summed E-state index contributed by atoms with van der Waals surface area (Å²) in [6.45, 7) is 0. The zero-order chi connectivity index (χ0) is 15.0. The van der Waals surface area contributed by atoms with E-state index < -0.39 is 9.84 Å². The normalized spacial score (nSPS) is 42.2. The molecule has 3 atom stereocenters. The van der Waals surface area contributed by atoms with Crippen molar-refractivity contribution in [3.8, 4) is 0 Å². The lowest BCUT2D eigenvalue weighted by atomic mass is 9.65. The fourth-order valence-corrected chi connectivity index (χ4v) is 6.10. The monoisotopic (exact) mass is 314 g/mol. The Bertz CT molecular complexity index is 491. The van der Waals surface area contributed by atoms with E-state index in [-0.39, 0.29) is 35.4 Å². The van der Waals surface area contributed by atoms with Gasteiger partial charge in [0.2, 0.25) is 5.91 Å². The average molecular weight is 314 g/mol. The molecule has 6 heteroatoms. The molecule has 2 bridgehead atoms. The molecule has 3 fully saturated rings. The number of nitrogens with two attached hydrogens (primary N) is 1. The summed E-state index contributed by atoms with van der Waals surface area (Å²) in [5, 5.41) is 2.99. The molecular weight excluding hydrogens is 288 g/mol. The molecule has 5 nitrogen and oxygen atoms in total. The maximum atomic E-state index is 12.5. The number of hydrogen-bond acceptors (Lipinski definition) is 4.